The fourth-order valence-electron chi connectivity index (χ4n) is 3.26. The summed E-state index contributed by atoms with van der Waals surface area (Å²) in [6.45, 7) is 4.48. The van der Waals surface area contributed by atoms with Gasteiger partial charge in [-0.25, -0.2) is 0 Å². The molecule has 2 aromatic rings. The van der Waals surface area contributed by atoms with Crippen LogP contribution in [0.5, 0.6) is 0 Å². The average molecular weight is 398 g/mol. The van der Waals surface area contributed by atoms with Gasteiger partial charge in [-0.1, -0.05) is 26.0 Å². The van der Waals surface area contributed by atoms with E-state index in [1.165, 1.54) is 11.8 Å². The Morgan fingerprint density at radius 2 is 2.03 bits per heavy atom. The molecule has 3 rings (SSSR count). The zero-order chi connectivity index (χ0) is 20.8. The summed E-state index contributed by atoms with van der Waals surface area (Å²) in [7, 11) is 0. The number of rotatable bonds is 8. The molecule has 0 bridgehead atoms. The number of furan rings is 1. The summed E-state index contributed by atoms with van der Waals surface area (Å²) in [5.74, 6) is -0.531. The van der Waals surface area contributed by atoms with Gasteiger partial charge in [0.25, 0.3) is 5.91 Å². The van der Waals surface area contributed by atoms with Gasteiger partial charge >= 0.3 is 5.97 Å². The summed E-state index contributed by atoms with van der Waals surface area (Å²) in [4.78, 5) is 38.0. The van der Waals surface area contributed by atoms with Crippen molar-refractivity contribution >= 4 is 23.5 Å². The number of hydrogen-bond donors (Lipinski definition) is 1. The molecule has 1 aromatic heterocycles. The third-order valence-electron chi connectivity index (χ3n) is 5.20. The molecule has 1 saturated heterocycles. The van der Waals surface area contributed by atoms with Crippen molar-refractivity contribution in [1.29, 1.82) is 0 Å². The van der Waals surface area contributed by atoms with Crippen molar-refractivity contribution in [1.82, 2.24) is 4.90 Å². The summed E-state index contributed by atoms with van der Waals surface area (Å²) in [6, 6.07) is 11.2. The Morgan fingerprint density at radius 3 is 2.69 bits per heavy atom. The molecule has 2 atom stereocenters. The number of hydrogen-bond acceptors (Lipinski definition) is 5. The third-order valence-corrected chi connectivity index (χ3v) is 5.20. The molecular formula is C22H26N2O5. The lowest BCUT2D eigenvalue weighted by Crippen LogP contribution is -2.28. The number of likely N-dealkylation sites (tertiary alicyclic amines) is 1. The molecule has 1 N–H and O–H groups in total. The van der Waals surface area contributed by atoms with E-state index in [0.717, 1.165) is 6.42 Å². The van der Waals surface area contributed by atoms with E-state index >= 15 is 0 Å². The van der Waals surface area contributed by atoms with Gasteiger partial charge in [-0.2, -0.15) is 0 Å². The molecule has 0 radical (unpaired) electrons. The van der Waals surface area contributed by atoms with Gasteiger partial charge in [0.1, 0.15) is 5.76 Å². The number of ether oxygens (including phenoxy) is 1. The molecule has 7 nitrogen and oxygen atoms in total. The molecular weight excluding hydrogens is 372 g/mol. The minimum absolute atomic E-state index is 0.0816. The number of amides is 2. The van der Waals surface area contributed by atoms with Crippen LogP contribution in [0, 0.1) is 5.92 Å². The van der Waals surface area contributed by atoms with Crippen molar-refractivity contribution in [3.63, 3.8) is 0 Å². The average Bonchev–Trinajstić information content (AvgIpc) is 3.36. The van der Waals surface area contributed by atoms with Crippen molar-refractivity contribution in [3.05, 3.63) is 54.0 Å². The largest absolute Gasteiger partial charge is 0.467 e. The second-order valence-electron chi connectivity index (χ2n) is 7.34. The Hall–Kier alpha value is -3.09. The van der Waals surface area contributed by atoms with Crippen LogP contribution >= 0.6 is 0 Å². The molecule has 1 aromatic carbocycles. The SMILES string of the molecule is CC[C@@H](C)c1ccc(NC(=O)COC(=O)[C@H]2CC(=O)N(Cc3ccco3)C2)cc1. The van der Waals surface area contributed by atoms with Crippen LogP contribution in [0.1, 0.15) is 43.9 Å². The summed E-state index contributed by atoms with van der Waals surface area (Å²) < 4.78 is 10.4. The predicted molar refractivity (Wildman–Crippen MR) is 107 cm³/mol. The van der Waals surface area contributed by atoms with E-state index in [-0.39, 0.29) is 25.5 Å². The van der Waals surface area contributed by atoms with Crippen LogP contribution in [0.15, 0.2) is 47.1 Å². The highest BCUT2D eigenvalue weighted by atomic mass is 16.5. The quantitative estimate of drug-likeness (QED) is 0.689. The summed E-state index contributed by atoms with van der Waals surface area (Å²) in [5.41, 5.74) is 1.86. The highest BCUT2D eigenvalue weighted by Crippen LogP contribution is 2.22. The lowest BCUT2D eigenvalue weighted by Gasteiger charge is -2.14. The van der Waals surface area contributed by atoms with Crippen molar-refractivity contribution in [2.24, 2.45) is 5.92 Å². The predicted octanol–water partition coefficient (Wildman–Crippen LogP) is 3.32. The Bertz CT molecular complexity index is 845. The Labute approximate surface area is 170 Å². The molecule has 0 aliphatic carbocycles. The number of benzene rings is 1. The van der Waals surface area contributed by atoms with Gasteiger partial charge in [0.15, 0.2) is 6.61 Å². The molecule has 0 unspecified atom stereocenters. The maximum absolute atomic E-state index is 12.2. The molecule has 7 heteroatoms. The minimum Gasteiger partial charge on any atom is -0.467 e. The van der Waals surface area contributed by atoms with Gasteiger partial charge in [0.2, 0.25) is 5.91 Å². The van der Waals surface area contributed by atoms with Crippen LogP contribution in [-0.2, 0) is 25.7 Å². The maximum atomic E-state index is 12.2. The zero-order valence-corrected chi connectivity index (χ0v) is 16.7. The molecule has 2 heterocycles. The van der Waals surface area contributed by atoms with E-state index in [2.05, 4.69) is 19.2 Å². The molecule has 1 fully saturated rings. The maximum Gasteiger partial charge on any atom is 0.311 e. The third kappa shape index (κ3) is 5.47. The zero-order valence-electron chi connectivity index (χ0n) is 16.7. The smallest absolute Gasteiger partial charge is 0.311 e. The van der Waals surface area contributed by atoms with Gasteiger partial charge in [-0.15, -0.1) is 0 Å². The number of anilines is 1. The molecule has 1 aliphatic heterocycles. The molecule has 0 spiro atoms. The summed E-state index contributed by atoms with van der Waals surface area (Å²) in [6.07, 6.45) is 2.67. The first-order valence-electron chi connectivity index (χ1n) is 9.82. The second kappa shape index (κ2) is 9.41. The Kier molecular flexibility index (Phi) is 6.69. The molecule has 1 aliphatic rings. The van der Waals surface area contributed by atoms with Gasteiger partial charge in [-0.3, -0.25) is 14.4 Å². The minimum atomic E-state index is -0.569. The van der Waals surface area contributed by atoms with Crippen molar-refractivity contribution < 1.29 is 23.5 Å². The molecule has 0 saturated carbocycles. The fraction of sp³-hybridized carbons (Fsp3) is 0.409. The number of carbonyl (C=O) groups is 3. The standard InChI is InChI=1S/C22H26N2O5/c1-3-15(2)16-6-8-18(9-7-16)23-20(25)14-29-22(27)17-11-21(26)24(12-17)13-19-5-4-10-28-19/h4-10,15,17H,3,11-14H2,1-2H3,(H,23,25)/t15-,17+/m1/s1. The first-order chi connectivity index (χ1) is 14.0. The van der Waals surface area contributed by atoms with E-state index in [1.54, 1.807) is 17.0 Å². The Balaban J connectivity index is 1.44. The van der Waals surface area contributed by atoms with E-state index in [1.807, 2.05) is 24.3 Å². The Morgan fingerprint density at radius 1 is 1.28 bits per heavy atom. The van der Waals surface area contributed by atoms with Crippen molar-refractivity contribution in [3.8, 4) is 0 Å². The lowest BCUT2D eigenvalue weighted by molar-refractivity contribution is -0.151. The lowest BCUT2D eigenvalue weighted by atomic mass is 9.99. The van der Waals surface area contributed by atoms with Gasteiger partial charge in [0.05, 0.1) is 18.7 Å². The number of esters is 1. The summed E-state index contributed by atoms with van der Waals surface area (Å²) in [5, 5.41) is 2.71. The normalized spacial score (nSPS) is 17.2. The topological polar surface area (TPSA) is 88.8 Å². The van der Waals surface area contributed by atoms with Crippen molar-refractivity contribution in [2.75, 3.05) is 18.5 Å². The fourth-order valence-corrected chi connectivity index (χ4v) is 3.26. The van der Waals surface area contributed by atoms with Crippen LogP contribution < -0.4 is 5.32 Å². The van der Waals surface area contributed by atoms with E-state index < -0.39 is 17.8 Å². The number of carbonyl (C=O) groups excluding carboxylic acids is 3. The van der Waals surface area contributed by atoms with Crippen LogP contribution in [0.3, 0.4) is 0 Å². The van der Waals surface area contributed by atoms with E-state index in [4.69, 9.17) is 9.15 Å². The van der Waals surface area contributed by atoms with Crippen LogP contribution in [0.25, 0.3) is 0 Å². The number of nitrogens with one attached hydrogen (secondary N) is 1. The van der Waals surface area contributed by atoms with Gasteiger partial charge < -0.3 is 19.4 Å². The van der Waals surface area contributed by atoms with Gasteiger partial charge in [-0.05, 0) is 42.2 Å². The van der Waals surface area contributed by atoms with Crippen LogP contribution in [0.4, 0.5) is 5.69 Å². The summed E-state index contributed by atoms with van der Waals surface area (Å²) >= 11 is 0. The highest BCUT2D eigenvalue weighted by Gasteiger charge is 2.35. The van der Waals surface area contributed by atoms with Crippen molar-refractivity contribution in [2.45, 2.75) is 39.2 Å². The first kappa shape index (κ1) is 20.6. The highest BCUT2D eigenvalue weighted by molar-refractivity contribution is 5.93. The second-order valence-corrected chi connectivity index (χ2v) is 7.34. The van der Waals surface area contributed by atoms with Crippen LogP contribution in [0.2, 0.25) is 0 Å². The molecule has 154 valence electrons. The van der Waals surface area contributed by atoms with E-state index in [9.17, 15) is 14.4 Å². The monoisotopic (exact) mass is 398 g/mol. The molecule has 29 heavy (non-hydrogen) atoms. The van der Waals surface area contributed by atoms with Crippen LogP contribution in [-0.4, -0.2) is 35.8 Å². The van der Waals surface area contributed by atoms with Gasteiger partial charge in [0, 0.05) is 18.7 Å². The molecule has 2 amide bonds. The first-order valence-corrected chi connectivity index (χ1v) is 9.82. The van der Waals surface area contributed by atoms with E-state index in [0.29, 0.717) is 23.9 Å². The number of nitrogens with zero attached hydrogens (tertiary/aromatic N) is 1.